The van der Waals surface area contributed by atoms with Crippen LogP contribution >= 0.6 is 15.9 Å². The molecule has 0 aliphatic rings. The second-order valence-electron chi connectivity index (χ2n) is 4.18. The molecule has 2 rings (SSSR count). The molecule has 2 aromatic carbocycles. The van der Waals surface area contributed by atoms with Crippen LogP contribution in [0, 0.1) is 11.6 Å². The third-order valence-corrected chi connectivity index (χ3v) is 3.34. The molecule has 3 N–H and O–H groups in total. The summed E-state index contributed by atoms with van der Waals surface area (Å²) in [6.45, 7) is 0. The monoisotopic (exact) mass is 340 g/mol. The number of carbonyl (C=O) groups is 1. The Morgan fingerprint density at radius 1 is 1.25 bits per heavy atom. The Morgan fingerprint density at radius 2 is 2.00 bits per heavy atom. The third kappa shape index (κ3) is 3.33. The Morgan fingerprint density at radius 3 is 2.75 bits per heavy atom. The lowest BCUT2D eigenvalue weighted by Crippen LogP contribution is -2.16. The second kappa shape index (κ2) is 6.00. The molecule has 0 unspecified atom stereocenters. The van der Waals surface area contributed by atoms with Crippen molar-refractivity contribution in [2.24, 2.45) is 0 Å². The number of benzene rings is 2. The first-order chi connectivity index (χ1) is 9.47. The largest absolute Gasteiger partial charge is 0.399 e. The lowest BCUT2D eigenvalue weighted by Gasteiger charge is -2.09. The fourth-order valence-electron chi connectivity index (χ4n) is 1.69. The molecule has 2 aromatic rings. The number of hydrogen-bond acceptors (Lipinski definition) is 2. The van der Waals surface area contributed by atoms with E-state index >= 15 is 0 Å². The molecule has 0 aromatic heterocycles. The minimum Gasteiger partial charge on any atom is -0.399 e. The summed E-state index contributed by atoms with van der Waals surface area (Å²) in [5.74, 6) is -2.43. The molecule has 104 valence electrons. The molecule has 1 amide bonds. The van der Waals surface area contributed by atoms with E-state index in [1.165, 1.54) is 12.1 Å². The first-order valence-electron chi connectivity index (χ1n) is 5.75. The standard InChI is InChI=1S/C14H11BrF2N2O/c15-10-5-4-9(18)7-12(10)19-13(20)6-8-2-1-3-11(16)14(8)17/h1-5,7H,6,18H2,(H,19,20). The highest BCUT2D eigenvalue weighted by molar-refractivity contribution is 9.10. The van der Waals surface area contributed by atoms with Crippen LogP contribution in [0.4, 0.5) is 20.2 Å². The lowest BCUT2D eigenvalue weighted by atomic mass is 10.1. The van der Waals surface area contributed by atoms with E-state index in [1.54, 1.807) is 18.2 Å². The Kier molecular flexibility index (Phi) is 4.34. The van der Waals surface area contributed by atoms with E-state index in [4.69, 9.17) is 5.73 Å². The fraction of sp³-hybridized carbons (Fsp3) is 0.0714. The first-order valence-corrected chi connectivity index (χ1v) is 6.54. The highest BCUT2D eigenvalue weighted by Gasteiger charge is 2.12. The van der Waals surface area contributed by atoms with E-state index in [9.17, 15) is 13.6 Å². The molecular formula is C14H11BrF2N2O. The van der Waals surface area contributed by atoms with Crippen molar-refractivity contribution in [3.05, 3.63) is 58.1 Å². The number of halogens is 3. The summed E-state index contributed by atoms with van der Waals surface area (Å²) < 4.78 is 27.2. The van der Waals surface area contributed by atoms with Crippen LogP contribution in [0.3, 0.4) is 0 Å². The van der Waals surface area contributed by atoms with E-state index in [2.05, 4.69) is 21.2 Å². The van der Waals surface area contributed by atoms with Crippen LogP contribution in [-0.4, -0.2) is 5.91 Å². The van der Waals surface area contributed by atoms with Crippen molar-refractivity contribution < 1.29 is 13.6 Å². The second-order valence-corrected chi connectivity index (χ2v) is 5.03. The van der Waals surface area contributed by atoms with Gasteiger partial charge in [-0.2, -0.15) is 0 Å². The molecule has 0 bridgehead atoms. The number of carbonyl (C=O) groups excluding carboxylic acids is 1. The predicted octanol–water partition coefficient (Wildman–Crippen LogP) is 3.49. The van der Waals surface area contributed by atoms with E-state index < -0.39 is 17.5 Å². The van der Waals surface area contributed by atoms with Crippen LogP contribution in [0.25, 0.3) is 0 Å². The van der Waals surface area contributed by atoms with Gasteiger partial charge in [-0.1, -0.05) is 12.1 Å². The Labute approximate surface area is 122 Å². The van der Waals surface area contributed by atoms with Crippen LogP contribution in [-0.2, 0) is 11.2 Å². The van der Waals surface area contributed by atoms with Crippen molar-refractivity contribution >= 4 is 33.2 Å². The quantitative estimate of drug-likeness (QED) is 0.840. The molecule has 0 atom stereocenters. The third-order valence-electron chi connectivity index (χ3n) is 2.65. The van der Waals surface area contributed by atoms with Crippen LogP contribution < -0.4 is 11.1 Å². The minimum absolute atomic E-state index is 0.00234. The minimum atomic E-state index is -1.01. The van der Waals surface area contributed by atoms with Gasteiger partial charge >= 0.3 is 0 Å². The van der Waals surface area contributed by atoms with Gasteiger partial charge in [-0.05, 0) is 40.2 Å². The van der Waals surface area contributed by atoms with Crippen LogP contribution in [0.5, 0.6) is 0 Å². The molecule has 0 heterocycles. The summed E-state index contributed by atoms with van der Waals surface area (Å²) >= 11 is 3.27. The maximum atomic E-state index is 13.5. The maximum Gasteiger partial charge on any atom is 0.228 e. The Hall–Kier alpha value is -1.95. The topological polar surface area (TPSA) is 55.1 Å². The molecule has 3 nitrogen and oxygen atoms in total. The molecule has 0 fully saturated rings. The van der Waals surface area contributed by atoms with E-state index in [0.29, 0.717) is 15.8 Å². The molecule has 0 saturated heterocycles. The van der Waals surface area contributed by atoms with Crippen LogP contribution in [0.2, 0.25) is 0 Å². The van der Waals surface area contributed by atoms with Crippen molar-refractivity contribution in [1.29, 1.82) is 0 Å². The van der Waals surface area contributed by atoms with Crippen LogP contribution in [0.1, 0.15) is 5.56 Å². The fourth-order valence-corrected chi connectivity index (χ4v) is 2.04. The average Bonchev–Trinajstić information content (AvgIpc) is 2.39. The van der Waals surface area contributed by atoms with Gasteiger partial charge in [0, 0.05) is 15.7 Å². The smallest absolute Gasteiger partial charge is 0.228 e. The van der Waals surface area contributed by atoms with E-state index in [0.717, 1.165) is 6.07 Å². The number of rotatable bonds is 3. The van der Waals surface area contributed by atoms with Crippen molar-refractivity contribution in [3.8, 4) is 0 Å². The Bertz CT molecular complexity index is 656. The van der Waals surface area contributed by atoms with Gasteiger partial charge < -0.3 is 11.1 Å². The molecule has 0 aliphatic carbocycles. The van der Waals surface area contributed by atoms with Crippen molar-refractivity contribution in [3.63, 3.8) is 0 Å². The number of nitrogens with one attached hydrogen (secondary N) is 1. The van der Waals surface area contributed by atoms with Crippen LogP contribution in [0.15, 0.2) is 40.9 Å². The molecule has 0 spiro atoms. The van der Waals surface area contributed by atoms with Gasteiger partial charge in [-0.3, -0.25) is 4.79 Å². The zero-order chi connectivity index (χ0) is 14.7. The zero-order valence-corrected chi connectivity index (χ0v) is 11.9. The molecule has 6 heteroatoms. The molecule has 0 radical (unpaired) electrons. The summed E-state index contributed by atoms with van der Waals surface area (Å²) in [6, 6.07) is 8.67. The highest BCUT2D eigenvalue weighted by atomic mass is 79.9. The summed E-state index contributed by atoms with van der Waals surface area (Å²) in [5, 5.41) is 2.59. The Balaban J connectivity index is 2.13. The maximum absolute atomic E-state index is 13.5. The summed E-state index contributed by atoms with van der Waals surface area (Å²) in [5.41, 5.74) is 6.59. The van der Waals surface area contributed by atoms with Gasteiger partial charge in [0.25, 0.3) is 0 Å². The number of nitrogens with two attached hydrogens (primary N) is 1. The normalized spacial score (nSPS) is 10.3. The van der Waals surface area contributed by atoms with Gasteiger partial charge in [0.1, 0.15) is 0 Å². The van der Waals surface area contributed by atoms with Gasteiger partial charge in [0.2, 0.25) is 5.91 Å². The van der Waals surface area contributed by atoms with Gasteiger partial charge in [0.05, 0.1) is 12.1 Å². The van der Waals surface area contributed by atoms with E-state index in [1.807, 2.05) is 0 Å². The van der Waals surface area contributed by atoms with Gasteiger partial charge in [0.15, 0.2) is 11.6 Å². The molecular weight excluding hydrogens is 330 g/mol. The summed E-state index contributed by atoms with van der Waals surface area (Å²) in [7, 11) is 0. The van der Waals surface area contributed by atoms with E-state index in [-0.39, 0.29) is 12.0 Å². The van der Waals surface area contributed by atoms with Crippen molar-refractivity contribution in [2.45, 2.75) is 6.42 Å². The highest BCUT2D eigenvalue weighted by Crippen LogP contribution is 2.25. The average molecular weight is 341 g/mol. The molecule has 0 saturated carbocycles. The predicted molar refractivity (Wildman–Crippen MR) is 77.2 cm³/mol. The van der Waals surface area contributed by atoms with Gasteiger partial charge in [-0.25, -0.2) is 8.78 Å². The number of amides is 1. The molecule has 0 aliphatic heterocycles. The SMILES string of the molecule is Nc1ccc(Br)c(NC(=O)Cc2cccc(F)c2F)c1. The summed E-state index contributed by atoms with van der Waals surface area (Å²) in [6.07, 6.45) is -0.259. The number of anilines is 2. The van der Waals surface area contributed by atoms with Crippen molar-refractivity contribution in [1.82, 2.24) is 0 Å². The zero-order valence-electron chi connectivity index (χ0n) is 10.3. The lowest BCUT2D eigenvalue weighted by molar-refractivity contribution is -0.115. The first kappa shape index (κ1) is 14.5. The summed E-state index contributed by atoms with van der Waals surface area (Å²) in [4.78, 5) is 11.8. The number of hydrogen-bond donors (Lipinski definition) is 2. The van der Waals surface area contributed by atoms with Gasteiger partial charge in [-0.15, -0.1) is 0 Å². The van der Waals surface area contributed by atoms with Crippen molar-refractivity contribution in [2.75, 3.05) is 11.1 Å². The number of nitrogen functional groups attached to an aromatic ring is 1. The molecule has 20 heavy (non-hydrogen) atoms.